The first-order valence-corrected chi connectivity index (χ1v) is 5.58. The van der Waals surface area contributed by atoms with E-state index in [9.17, 15) is 0 Å². The van der Waals surface area contributed by atoms with Crippen molar-refractivity contribution in [3.8, 4) is 0 Å². The molecule has 1 rings (SSSR count). The Kier molecular flexibility index (Phi) is 4.12. The van der Waals surface area contributed by atoms with Gasteiger partial charge in [-0.1, -0.05) is 28.9 Å². The van der Waals surface area contributed by atoms with Gasteiger partial charge in [0.15, 0.2) is 0 Å². The predicted molar refractivity (Wildman–Crippen MR) is 56.5 cm³/mol. The van der Waals surface area contributed by atoms with Crippen LogP contribution in [-0.2, 0) is 6.61 Å². The fourth-order valence-electron chi connectivity index (χ4n) is 0.913. The molecular formula is C9H11BrOS. The molecule has 0 aliphatic carbocycles. The minimum absolute atomic E-state index is 0.0949. The van der Waals surface area contributed by atoms with Crippen molar-refractivity contribution >= 4 is 27.7 Å². The summed E-state index contributed by atoms with van der Waals surface area (Å²) in [5, 5.41) is 8.90. The maximum Gasteiger partial charge on any atom is 0.0692 e. The Hall–Kier alpha value is 0.01000. The van der Waals surface area contributed by atoms with Gasteiger partial charge in [0.05, 0.1) is 6.61 Å². The van der Waals surface area contributed by atoms with E-state index in [0.717, 1.165) is 15.8 Å². The van der Waals surface area contributed by atoms with Crippen LogP contribution in [0, 0.1) is 0 Å². The van der Waals surface area contributed by atoms with E-state index >= 15 is 0 Å². The molecule has 66 valence electrons. The standard InChI is InChI=1S/C9H11BrOS/c1-2-12-8-4-3-7(6-11)9(10)5-8/h3-5,11H,2,6H2,1H3. The number of thioether (sulfide) groups is 1. The Morgan fingerprint density at radius 3 is 2.75 bits per heavy atom. The van der Waals surface area contributed by atoms with Crippen LogP contribution in [0.2, 0.25) is 0 Å². The number of aliphatic hydroxyl groups excluding tert-OH is 1. The molecular weight excluding hydrogens is 236 g/mol. The van der Waals surface area contributed by atoms with E-state index < -0.39 is 0 Å². The lowest BCUT2D eigenvalue weighted by atomic mass is 10.2. The summed E-state index contributed by atoms with van der Waals surface area (Å²) in [4.78, 5) is 1.24. The zero-order valence-corrected chi connectivity index (χ0v) is 9.28. The lowest BCUT2D eigenvalue weighted by Gasteiger charge is -2.03. The smallest absolute Gasteiger partial charge is 0.0692 e. The van der Waals surface area contributed by atoms with Crippen molar-refractivity contribution in [2.45, 2.75) is 18.4 Å². The Morgan fingerprint density at radius 1 is 1.50 bits per heavy atom. The van der Waals surface area contributed by atoms with Gasteiger partial charge in [0.25, 0.3) is 0 Å². The molecule has 1 aromatic carbocycles. The van der Waals surface area contributed by atoms with Gasteiger partial charge in [0.2, 0.25) is 0 Å². The molecule has 0 amide bonds. The highest BCUT2D eigenvalue weighted by atomic mass is 79.9. The van der Waals surface area contributed by atoms with Crippen molar-refractivity contribution in [2.24, 2.45) is 0 Å². The number of benzene rings is 1. The Labute approximate surface area is 85.3 Å². The highest BCUT2D eigenvalue weighted by Crippen LogP contribution is 2.24. The summed E-state index contributed by atoms with van der Waals surface area (Å²) in [5.41, 5.74) is 0.940. The van der Waals surface area contributed by atoms with Gasteiger partial charge in [-0.25, -0.2) is 0 Å². The summed E-state index contributed by atoms with van der Waals surface area (Å²) in [5.74, 6) is 1.07. The molecule has 0 saturated heterocycles. The lowest BCUT2D eigenvalue weighted by molar-refractivity contribution is 0.281. The zero-order valence-electron chi connectivity index (χ0n) is 6.88. The van der Waals surface area contributed by atoms with Crippen LogP contribution in [0.3, 0.4) is 0 Å². The third-order valence-electron chi connectivity index (χ3n) is 1.51. The predicted octanol–water partition coefficient (Wildman–Crippen LogP) is 3.05. The second kappa shape index (κ2) is 4.90. The van der Waals surface area contributed by atoms with Crippen molar-refractivity contribution in [2.75, 3.05) is 5.75 Å². The molecule has 0 bridgehead atoms. The monoisotopic (exact) mass is 246 g/mol. The number of hydrogen-bond acceptors (Lipinski definition) is 2. The first kappa shape index (κ1) is 10.1. The van der Waals surface area contributed by atoms with Crippen molar-refractivity contribution < 1.29 is 5.11 Å². The van der Waals surface area contributed by atoms with E-state index in [1.807, 2.05) is 18.2 Å². The molecule has 1 aromatic rings. The summed E-state index contributed by atoms with van der Waals surface area (Å²) in [7, 11) is 0. The molecule has 12 heavy (non-hydrogen) atoms. The van der Waals surface area contributed by atoms with Gasteiger partial charge in [-0.2, -0.15) is 0 Å². The normalized spacial score (nSPS) is 10.2. The Bertz CT molecular complexity index is 263. The summed E-state index contributed by atoms with van der Waals surface area (Å²) < 4.78 is 0.989. The van der Waals surface area contributed by atoms with Gasteiger partial charge in [0.1, 0.15) is 0 Å². The van der Waals surface area contributed by atoms with Crippen molar-refractivity contribution in [1.29, 1.82) is 0 Å². The van der Waals surface area contributed by atoms with E-state index in [4.69, 9.17) is 5.11 Å². The van der Waals surface area contributed by atoms with E-state index in [-0.39, 0.29) is 6.61 Å². The topological polar surface area (TPSA) is 20.2 Å². The van der Waals surface area contributed by atoms with E-state index in [1.54, 1.807) is 11.8 Å². The largest absolute Gasteiger partial charge is 0.392 e. The second-order valence-corrected chi connectivity index (χ2v) is 4.54. The quantitative estimate of drug-likeness (QED) is 0.828. The average molecular weight is 247 g/mol. The molecule has 0 aliphatic rings. The molecule has 0 unspecified atom stereocenters. The minimum Gasteiger partial charge on any atom is -0.392 e. The molecule has 0 saturated carbocycles. The van der Waals surface area contributed by atoms with E-state index in [1.165, 1.54) is 4.90 Å². The second-order valence-electron chi connectivity index (χ2n) is 2.34. The maximum absolute atomic E-state index is 8.90. The molecule has 0 fully saturated rings. The molecule has 1 nitrogen and oxygen atoms in total. The summed E-state index contributed by atoms with van der Waals surface area (Å²) in [6, 6.07) is 6.02. The molecule has 0 heterocycles. The van der Waals surface area contributed by atoms with Crippen LogP contribution in [-0.4, -0.2) is 10.9 Å². The number of halogens is 1. The fourth-order valence-corrected chi connectivity index (χ4v) is 2.27. The van der Waals surface area contributed by atoms with Crippen LogP contribution in [0.1, 0.15) is 12.5 Å². The van der Waals surface area contributed by atoms with Crippen LogP contribution in [0.5, 0.6) is 0 Å². The fraction of sp³-hybridized carbons (Fsp3) is 0.333. The van der Waals surface area contributed by atoms with Crippen molar-refractivity contribution in [3.63, 3.8) is 0 Å². The summed E-state index contributed by atoms with van der Waals surface area (Å²) >= 11 is 5.20. The molecule has 3 heteroatoms. The third-order valence-corrected chi connectivity index (χ3v) is 3.12. The zero-order chi connectivity index (χ0) is 8.97. The van der Waals surface area contributed by atoms with Gasteiger partial charge < -0.3 is 5.11 Å². The van der Waals surface area contributed by atoms with E-state index in [0.29, 0.717) is 0 Å². The first-order chi connectivity index (χ1) is 5.77. The Balaban J connectivity index is 2.86. The molecule has 0 atom stereocenters. The SMILES string of the molecule is CCSc1ccc(CO)c(Br)c1. The van der Waals surface area contributed by atoms with Crippen molar-refractivity contribution in [3.05, 3.63) is 28.2 Å². The van der Waals surface area contributed by atoms with Gasteiger partial charge in [0, 0.05) is 9.37 Å². The Morgan fingerprint density at radius 2 is 2.25 bits per heavy atom. The molecule has 0 aromatic heterocycles. The minimum atomic E-state index is 0.0949. The summed E-state index contributed by atoms with van der Waals surface area (Å²) in [6.45, 7) is 2.22. The van der Waals surface area contributed by atoms with Crippen molar-refractivity contribution in [1.82, 2.24) is 0 Å². The van der Waals surface area contributed by atoms with Crippen LogP contribution < -0.4 is 0 Å². The molecule has 0 radical (unpaired) electrons. The summed E-state index contributed by atoms with van der Waals surface area (Å²) in [6.07, 6.45) is 0. The van der Waals surface area contributed by atoms with Crippen LogP contribution in [0.25, 0.3) is 0 Å². The number of aliphatic hydroxyl groups is 1. The average Bonchev–Trinajstić information content (AvgIpc) is 2.05. The van der Waals surface area contributed by atoms with E-state index in [2.05, 4.69) is 22.9 Å². The van der Waals surface area contributed by atoms with Gasteiger partial charge in [-0.15, -0.1) is 11.8 Å². The third kappa shape index (κ3) is 2.51. The van der Waals surface area contributed by atoms with Gasteiger partial charge >= 0.3 is 0 Å². The first-order valence-electron chi connectivity index (χ1n) is 3.80. The molecule has 0 spiro atoms. The number of rotatable bonds is 3. The van der Waals surface area contributed by atoms with Gasteiger partial charge in [-0.05, 0) is 23.4 Å². The molecule has 1 N–H and O–H groups in total. The number of hydrogen-bond donors (Lipinski definition) is 1. The highest BCUT2D eigenvalue weighted by Gasteiger charge is 1.99. The highest BCUT2D eigenvalue weighted by molar-refractivity contribution is 9.10. The van der Waals surface area contributed by atoms with Crippen LogP contribution >= 0.6 is 27.7 Å². The van der Waals surface area contributed by atoms with Crippen LogP contribution in [0.15, 0.2) is 27.6 Å². The molecule has 0 aliphatic heterocycles. The van der Waals surface area contributed by atoms with Crippen LogP contribution in [0.4, 0.5) is 0 Å². The maximum atomic E-state index is 8.90. The van der Waals surface area contributed by atoms with Gasteiger partial charge in [-0.3, -0.25) is 0 Å². The lowest BCUT2D eigenvalue weighted by Crippen LogP contribution is -1.85.